The van der Waals surface area contributed by atoms with Crippen LogP contribution in [-0.2, 0) is 18.9 Å². The third-order valence-corrected chi connectivity index (χ3v) is 2.94. The van der Waals surface area contributed by atoms with Crippen LogP contribution in [0.2, 0.25) is 0 Å². The Hall–Kier alpha value is -2.24. The predicted octanol–water partition coefficient (Wildman–Crippen LogP) is 0.633. The number of rotatable bonds is 13. The molecule has 0 saturated carbocycles. The molecular formula is C14H28O6Rf2-2. The summed E-state index contributed by atoms with van der Waals surface area (Å²) in [5, 5.41) is 18.5. The SMILES string of the molecule is [CH2-]OCC(C)(CO)COCCOCC(C)(CO)CO[CH2-].[Rf].[Rf]. The normalized spacial score (nSPS) is 16.1. The molecule has 0 aliphatic carbocycles. The van der Waals surface area contributed by atoms with Gasteiger partial charge in [0.05, 0.1) is 39.6 Å². The molecule has 6 nitrogen and oxygen atoms in total. The Morgan fingerprint density at radius 3 is 1.27 bits per heavy atom. The molecule has 0 bridgehead atoms. The molecule has 0 radical (unpaired) electrons. The first kappa shape index (κ1) is 24.8. The van der Waals surface area contributed by atoms with Crippen LogP contribution in [0.25, 0.3) is 0 Å². The molecule has 0 aliphatic rings. The fraction of sp³-hybridized carbons (Fsp3) is 0.857. The van der Waals surface area contributed by atoms with Crippen LogP contribution in [0, 0.1) is 25.0 Å². The summed E-state index contributed by atoms with van der Waals surface area (Å²) < 4.78 is 20.5. The monoisotopic (exact) mass is 826 g/mol. The van der Waals surface area contributed by atoms with Gasteiger partial charge in [-0.1, -0.05) is 13.8 Å². The maximum atomic E-state index is 9.25. The molecule has 0 aromatic carbocycles. The maximum absolute atomic E-state index is 9.25. The summed E-state index contributed by atoms with van der Waals surface area (Å²) in [6.45, 7) is 5.82. The van der Waals surface area contributed by atoms with Gasteiger partial charge in [-0.2, -0.15) is 0 Å². The zero-order valence-corrected chi connectivity index (χ0v) is 26.8. The topological polar surface area (TPSA) is 77.4 Å². The fourth-order valence-electron chi connectivity index (χ4n) is 1.51. The van der Waals surface area contributed by atoms with Gasteiger partial charge in [0, 0.05) is 24.0 Å². The molecule has 0 aliphatic heterocycles. The summed E-state index contributed by atoms with van der Waals surface area (Å²) in [7, 11) is 6.60. The predicted molar refractivity (Wildman–Crippen MR) is 74.6 cm³/mol. The van der Waals surface area contributed by atoms with E-state index in [1.807, 2.05) is 13.8 Å². The zero-order valence-electron chi connectivity index (χ0n) is 14.0. The van der Waals surface area contributed by atoms with E-state index in [9.17, 15) is 10.2 Å². The van der Waals surface area contributed by atoms with Gasteiger partial charge in [0.2, 0.25) is 0 Å². The molecule has 0 rings (SSSR count). The summed E-state index contributed by atoms with van der Waals surface area (Å²) >= 11 is 0. The van der Waals surface area contributed by atoms with E-state index in [1.165, 1.54) is 0 Å². The molecule has 8 heteroatoms. The van der Waals surface area contributed by atoms with Crippen LogP contribution in [0.5, 0.6) is 0 Å². The van der Waals surface area contributed by atoms with Crippen LogP contribution >= 0.6 is 0 Å². The third-order valence-electron chi connectivity index (χ3n) is 2.94. The second-order valence-corrected chi connectivity index (χ2v) is 5.74. The summed E-state index contributed by atoms with van der Waals surface area (Å²) in [5.74, 6) is 0. The van der Waals surface area contributed by atoms with Gasteiger partial charge < -0.3 is 29.2 Å². The molecule has 0 aromatic heterocycles. The van der Waals surface area contributed by atoms with E-state index in [0.29, 0.717) is 39.6 Å². The van der Waals surface area contributed by atoms with Crippen LogP contribution in [0.1, 0.15) is 13.8 Å². The second-order valence-electron chi connectivity index (χ2n) is 5.74. The minimum Gasteiger partial charge on any atom is -0.554 e. The van der Waals surface area contributed by atoms with Crippen LogP contribution < -0.4 is 0 Å². The van der Waals surface area contributed by atoms with Crippen molar-refractivity contribution in [3.8, 4) is 0 Å². The Morgan fingerprint density at radius 2 is 1.05 bits per heavy atom. The maximum Gasteiger partial charge on any atom is 0.0700 e. The molecule has 0 heterocycles. The second kappa shape index (κ2) is 12.5. The summed E-state index contributed by atoms with van der Waals surface area (Å²) in [6, 6.07) is 0. The van der Waals surface area contributed by atoms with Crippen molar-refractivity contribution in [2.45, 2.75) is 13.8 Å². The standard InChI is InChI=1S/C14H28O6.2Rf/c1-13(7-15,9-17-3)11-19-5-6-20-12-14(2,8-16)10-18-4;;/h15-16H,3-12H2,1-2H3;;/q-2;;. The van der Waals surface area contributed by atoms with Gasteiger partial charge >= 0.3 is 0 Å². The molecule has 0 fully saturated rings. The van der Waals surface area contributed by atoms with Gasteiger partial charge in [-0.05, 0) is 0 Å². The van der Waals surface area contributed by atoms with Gasteiger partial charge in [0.1, 0.15) is 0 Å². The van der Waals surface area contributed by atoms with Gasteiger partial charge in [0.25, 0.3) is 0 Å². The van der Waals surface area contributed by atoms with Crippen LogP contribution in [0.15, 0.2) is 0 Å². The molecule has 126 valence electrons. The van der Waals surface area contributed by atoms with Crippen molar-refractivity contribution in [2.24, 2.45) is 10.8 Å². The van der Waals surface area contributed by atoms with E-state index in [4.69, 9.17) is 18.9 Å². The summed E-state index contributed by atoms with van der Waals surface area (Å²) in [6.07, 6.45) is 0. The first-order chi connectivity index (χ1) is 9.45. The molecular weight excluding hydrogens is 798 g/mol. The quantitative estimate of drug-likeness (QED) is 0.210. The van der Waals surface area contributed by atoms with Gasteiger partial charge in [-0.25, -0.2) is 14.2 Å². The van der Waals surface area contributed by atoms with Crippen molar-refractivity contribution < 1.29 is 29.2 Å². The first-order valence-corrected chi connectivity index (χ1v) is 6.56. The van der Waals surface area contributed by atoms with E-state index in [-0.39, 0.29) is 13.2 Å². The van der Waals surface area contributed by atoms with Crippen LogP contribution in [0.3, 0.4) is 0 Å². The van der Waals surface area contributed by atoms with Crippen molar-refractivity contribution in [3.63, 3.8) is 0 Å². The number of hydrogen-bond donors (Lipinski definition) is 2. The van der Waals surface area contributed by atoms with Gasteiger partial charge in [-0.15, -0.1) is 0 Å². The van der Waals surface area contributed by atoms with Crippen molar-refractivity contribution in [3.05, 3.63) is 14.2 Å². The average Bonchev–Trinajstić information content (AvgIpc) is 2.43. The Bertz CT molecular complexity index is 223. The summed E-state index contributed by atoms with van der Waals surface area (Å²) in [4.78, 5) is 0. The molecule has 0 saturated heterocycles. The van der Waals surface area contributed by atoms with E-state index in [0.717, 1.165) is 0 Å². The number of aliphatic hydroxyl groups excluding tert-OH is 2. The van der Waals surface area contributed by atoms with Crippen LogP contribution in [0.4, 0.5) is 0 Å². The Morgan fingerprint density at radius 1 is 0.727 bits per heavy atom. The first-order valence-electron chi connectivity index (χ1n) is 6.56. The van der Waals surface area contributed by atoms with Crippen molar-refractivity contribution in [2.75, 3.05) is 52.9 Å². The Labute approximate surface area is 122 Å². The molecule has 2 unspecified atom stereocenters. The molecule has 0 amide bonds. The third kappa shape index (κ3) is 9.63. The van der Waals surface area contributed by atoms with E-state index in [2.05, 4.69) is 14.2 Å². The van der Waals surface area contributed by atoms with Crippen molar-refractivity contribution in [1.82, 2.24) is 0 Å². The van der Waals surface area contributed by atoms with Crippen LogP contribution in [-0.4, -0.2) is 63.1 Å². The van der Waals surface area contributed by atoms with Crippen molar-refractivity contribution >= 4 is 0 Å². The Balaban J connectivity index is -0.00000180. The van der Waals surface area contributed by atoms with Gasteiger partial charge in [-0.3, -0.25) is 0 Å². The smallest absolute Gasteiger partial charge is 0.0700 e. The number of aliphatic hydroxyl groups is 2. The fourth-order valence-corrected chi connectivity index (χ4v) is 1.51. The van der Waals surface area contributed by atoms with E-state index >= 15 is 0 Å². The molecule has 2 N–H and O–H groups in total. The van der Waals surface area contributed by atoms with Gasteiger partial charge in [0.15, 0.2) is 0 Å². The molecule has 0 aromatic rings. The molecule has 2 atom stereocenters. The number of hydrogen-bond acceptors (Lipinski definition) is 6. The minimum absolute atomic E-state index is 0. The Kier molecular flexibility index (Phi) is 14.1. The minimum atomic E-state index is -0.455. The molecule has 0 spiro atoms. The zero-order chi connectivity index (χ0) is 15.5. The average molecular weight is 826 g/mol. The van der Waals surface area contributed by atoms with E-state index < -0.39 is 10.8 Å². The summed E-state index contributed by atoms with van der Waals surface area (Å²) in [5.41, 5.74) is -0.911. The largest absolute Gasteiger partial charge is 0.554 e. The van der Waals surface area contributed by atoms with Crippen molar-refractivity contribution in [1.29, 1.82) is 0 Å². The number of ether oxygens (including phenoxy) is 4. The molecule has 22 heavy (non-hydrogen) atoms. The van der Waals surface area contributed by atoms with E-state index in [1.54, 1.807) is 0 Å².